The average molecular weight is 387 g/mol. The lowest BCUT2D eigenvalue weighted by atomic mass is 10.1. The number of benzene rings is 2. The topological polar surface area (TPSA) is 40.6 Å². The van der Waals surface area contributed by atoms with Gasteiger partial charge in [0.2, 0.25) is 10.0 Å². The van der Waals surface area contributed by atoms with Gasteiger partial charge in [0.15, 0.2) is 0 Å². The second-order valence-corrected chi connectivity index (χ2v) is 9.16. The van der Waals surface area contributed by atoms with Crippen LogP contribution in [0.5, 0.6) is 0 Å². The summed E-state index contributed by atoms with van der Waals surface area (Å²) in [6.07, 6.45) is 4.61. The summed E-state index contributed by atoms with van der Waals surface area (Å²) in [5, 5.41) is 0. The molecule has 0 spiro atoms. The smallest absolute Gasteiger partial charge is 0.243 e. The van der Waals surface area contributed by atoms with E-state index in [2.05, 4.69) is 11.8 Å². The Labute approximate surface area is 163 Å². The highest BCUT2D eigenvalue weighted by atomic mass is 32.2. The Morgan fingerprint density at radius 2 is 1.56 bits per heavy atom. The zero-order valence-electron chi connectivity index (χ0n) is 16.2. The Hall–Kier alpha value is -1.69. The molecule has 3 rings (SSSR count). The third kappa shape index (κ3) is 5.41. The van der Waals surface area contributed by atoms with Crippen LogP contribution in [-0.4, -0.2) is 43.8 Å². The molecule has 0 radical (unpaired) electrons. The molecule has 146 valence electrons. The maximum absolute atomic E-state index is 13.3. The van der Waals surface area contributed by atoms with E-state index in [4.69, 9.17) is 0 Å². The van der Waals surface area contributed by atoms with Gasteiger partial charge in [-0.25, -0.2) is 8.42 Å². The van der Waals surface area contributed by atoms with Crippen molar-refractivity contribution in [1.29, 1.82) is 0 Å². The molecular weight excluding hydrogens is 356 g/mol. The van der Waals surface area contributed by atoms with Crippen LogP contribution < -0.4 is 0 Å². The maximum atomic E-state index is 13.3. The Morgan fingerprint density at radius 3 is 2.19 bits per heavy atom. The van der Waals surface area contributed by atoms with Crippen molar-refractivity contribution in [2.45, 2.75) is 44.0 Å². The molecule has 1 aliphatic rings. The first kappa shape index (κ1) is 20.1. The van der Waals surface area contributed by atoms with Gasteiger partial charge in [0.05, 0.1) is 4.90 Å². The van der Waals surface area contributed by atoms with E-state index in [9.17, 15) is 8.42 Å². The molecule has 0 bridgehead atoms. The molecule has 1 heterocycles. The molecule has 0 amide bonds. The third-order valence-electron chi connectivity index (χ3n) is 5.29. The van der Waals surface area contributed by atoms with Crippen molar-refractivity contribution >= 4 is 10.0 Å². The quantitative estimate of drug-likeness (QED) is 0.690. The number of hydrogen-bond donors (Lipinski definition) is 0. The third-order valence-corrected chi connectivity index (χ3v) is 7.14. The fraction of sp³-hybridized carbons (Fsp3) is 0.455. The van der Waals surface area contributed by atoms with Crippen molar-refractivity contribution in [2.24, 2.45) is 0 Å². The summed E-state index contributed by atoms with van der Waals surface area (Å²) in [7, 11) is -3.52. The van der Waals surface area contributed by atoms with Crippen LogP contribution >= 0.6 is 0 Å². The van der Waals surface area contributed by atoms with Crippen molar-refractivity contribution in [2.75, 3.05) is 26.2 Å². The summed E-state index contributed by atoms with van der Waals surface area (Å²) in [5.74, 6) is 0. The van der Waals surface area contributed by atoms with Gasteiger partial charge in [-0.15, -0.1) is 0 Å². The molecule has 5 heteroatoms. The molecule has 1 saturated heterocycles. The lowest BCUT2D eigenvalue weighted by molar-refractivity contribution is 0.211. The van der Waals surface area contributed by atoms with Crippen LogP contribution in [0.15, 0.2) is 59.5 Å². The number of aryl methyl sites for hydroxylation is 1. The van der Waals surface area contributed by atoms with Gasteiger partial charge in [-0.05, 0) is 55.6 Å². The van der Waals surface area contributed by atoms with Gasteiger partial charge in [0, 0.05) is 19.6 Å². The van der Waals surface area contributed by atoms with Crippen molar-refractivity contribution in [1.82, 2.24) is 9.21 Å². The first-order valence-corrected chi connectivity index (χ1v) is 11.4. The Kier molecular flexibility index (Phi) is 7.05. The molecule has 2 aromatic carbocycles. The minimum atomic E-state index is -3.52. The van der Waals surface area contributed by atoms with Crippen LogP contribution in [0, 0.1) is 0 Å². The number of rotatable bonds is 8. The summed E-state index contributed by atoms with van der Waals surface area (Å²) in [4.78, 5) is 2.77. The summed E-state index contributed by atoms with van der Waals surface area (Å²) < 4.78 is 28.3. The molecule has 0 saturated carbocycles. The summed E-state index contributed by atoms with van der Waals surface area (Å²) >= 11 is 0. The highest BCUT2D eigenvalue weighted by Crippen LogP contribution is 2.20. The molecule has 4 nitrogen and oxygen atoms in total. The van der Waals surface area contributed by atoms with Crippen LogP contribution in [-0.2, 0) is 23.0 Å². The van der Waals surface area contributed by atoms with Crippen molar-refractivity contribution in [3.05, 3.63) is 65.7 Å². The first-order valence-electron chi connectivity index (χ1n) is 9.95. The minimum absolute atomic E-state index is 0.384. The number of hydrogen-bond acceptors (Lipinski definition) is 3. The first-order chi connectivity index (χ1) is 13.1. The maximum Gasteiger partial charge on any atom is 0.243 e. The standard InChI is InChI=1S/C22H30N2O2S/c1-2-20-11-13-22(14-12-20)27(25,26)24(19-21-9-5-3-6-10-21)18-17-23-15-7-4-8-16-23/h3,5-6,9-14H,2,4,7-8,15-19H2,1H3. The van der Waals surface area contributed by atoms with E-state index in [1.807, 2.05) is 42.5 Å². The summed E-state index contributed by atoms with van der Waals surface area (Å²) in [6.45, 7) is 5.94. The van der Waals surface area contributed by atoms with Crippen LogP contribution in [0.25, 0.3) is 0 Å². The fourth-order valence-corrected chi connectivity index (χ4v) is 4.97. The number of likely N-dealkylation sites (tertiary alicyclic amines) is 1. The van der Waals surface area contributed by atoms with Crippen LogP contribution in [0.2, 0.25) is 0 Å². The Morgan fingerprint density at radius 1 is 0.889 bits per heavy atom. The van der Waals surface area contributed by atoms with Gasteiger partial charge in [0.25, 0.3) is 0 Å². The Balaban J connectivity index is 1.79. The van der Waals surface area contributed by atoms with Gasteiger partial charge in [-0.2, -0.15) is 4.31 Å². The van der Waals surface area contributed by atoms with Crippen molar-refractivity contribution < 1.29 is 8.42 Å². The number of nitrogens with zero attached hydrogens (tertiary/aromatic N) is 2. The normalized spacial score (nSPS) is 15.9. The molecule has 2 aromatic rings. The molecule has 1 aliphatic heterocycles. The van der Waals surface area contributed by atoms with E-state index < -0.39 is 10.0 Å². The fourth-order valence-electron chi connectivity index (χ4n) is 3.55. The molecule has 0 N–H and O–H groups in total. The number of sulfonamides is 1. The lowest BCUT2D eigenvalue weighted by Gasteiger charge is -2.29. The van der Waals surface area contributed by atoms with Gasteiger partial charge in [0.1, 0.15) is 0 Å². The second-order valence-electron chi connectivity index (χ2n) is 7.22. The van der Waals surface area contributed by atoms with E-state index in [0.717, 1.165) is 37.2 Å². The van der Waals surface area contributed by atoms with Gasteiger partial charge < -0.3 is 4.90 Å². The summed E-state index contributed by atoms with van der Waals surface area (Å²) in [6, 6.07) is 17.2. The average Bonchev–Trinajstić information content (AvgIpc) is 2.72. The number of piperidine rings is 1. The monoisotopic (exact) mass is 386 g/mol. The van der Waals surface area contributed by atoms with Crippen LogP contribution in [0.3, 0.4) is 0 Å². The minimum Gasteiger partial charge on any atom is -0.302 e. The molecule has 1 fully saturated rings. The van der Waals surface area contributed by atoms with E-state index >= 15 is 0 Å². The molecule has 0 unspecified atom stereocenters. The van der Waals surface area contributed by atoms with E-state index in [1.54, 1.807) is 16.4 Å². The zero-order chi connectivity index (χ0) is 19.1. The van der Waals surface area contributed by atoms with Crippen LogP contribution in [0.1, 0.15) is 37.3 Å². The predicted octanol–water partition coefficient (Wildman–Crippen LogP) is 3.93. The highest BCUT2D eigenvalue weighted by Gasteiger charge is 2.25. The Bertz CT molecular complexity index is 798. The SMILES string of the molecule is CCc1ccc(S(=O)(=O)N(CCN2CCCCC2)Cc2ccccc2)cc1. The van der Waals surface area contributed by atoms with Crippen LogP contribution in [0.4, 0.5) is 0 Å². The van der Waals surface area contributed by atoms with Gasteiger partial charge in [-0.1, -0.05) is 55.8 Å². The molecule has 27 heavy (non-hydrogen) atoms. The van der Waals surface area contributed by atoms with E-state index in [1.165, 1.54) is 19.3 Å². The lowest BCUT2D eigenvalue weighted by Crippen LogP contribution is -2.40. The largest absolute Gasteiger partial charge is 0.302 e. The molecule has 0 aromatic heterocycles. The van der Waals surface area contributed by atoms with Gasteiger partial charge in [-0.3, -0.25) is 0 Å². The molecule has 0 atom stereocenters. The van der Waals surface area contributed by atoms with E-state index in [-0.39, 0.29) is 0 Å². The highest BCUT2D eigenvalue weighted by molar-refractivity contribution is 7.89. The van der Waals surface area contributed by atoms with Crippen molar-refractivity contribution in [3.63, 3.8) is 0 Å². The predicted molar refractivity (Wildman–Crippen MR) is 110 cm³/mol. The van der Waals surface area contributed by atoms with Gasteiger partial charge >= 0.3 is 0 Å². The molecular formula is C22H30N2O2S. The molecule has 0 aliphatic carbocycles. The summed E-state index contributed by atoms with van der Waals surface area (Å²) in [5.41, 5.74) is 2.17. The van der Waals surface area contributed by atoms with E-state index in [0.29, 0.717) is 18.0 Å². The zero-order valence-corrected chi connectivity index (χ0v) is 17.0. The van der Waals surface area contributed by atoms with Crippen molar-refractivity contribution in [3.8, 4) is 0 Å². The second kappa shape index (κ2) is 9.49.